The van der Waals surface area contributed by atoms with E-state index in [-0.39, 0.29) is 0 Å². The van der Waals surface area contributed by atoms with Crippen molar-refractivity contribution in [3.63, 3.8) is 0 Å². The molecule has 1 fully saturated rings. The number of nitrogens with zero attached hydrogens (tertiary/aromatic N) is 1. The third-order valence-corrected chi connectivity index (χ3v) is 3.70. The number of likely N-dealkylation sites (tertiary alicyclic amines) is 1. The van der Waals surface area contributed by atoms with Gasteiger partial charge in [0, 0.05) is 24.8 Å². The summed E-state index contributed by atoms with van der Waals surface area (Å²) in [5, 5.41) is 3.47. The summed E-state index contributed by atoms with van der Waals surface area (Å²) in [4.78, 5) is 2.66. The maximum absolute atomic E-state index is 3.47. The molecule has 1 aliphatic rings. The van der Waals surface area contributed by atoms with Crippen LogP contribution < -0.4 is 5.32 Å². The maximum atomic E-state index is 3.47. The van der Waals surface area contributed by atoms with E-state index in [9.17, 15) is 0 Å². The van der Waals surface area contributed by atoms with Crippen LogP contribution in [0.2, 0.25) is 0 Å². The first-order valence-electron chi connectivity index (χ1n) is 6.93. The Hall–Kier alpha value is -1.02. The highest BCUT2D eigenvalue weighted by atomic mass is 15.2. The molecule has 0 aromatic heterocycles. The van der Waals surface area contributed by atoms with Crippen LogP contribution in [0.15, 0.2) is 30.3 Å². The average Bonchev–Trinajstić information content (AvgIpc) is 2.83. The lowest BCUT2D eigenvalue weighted by atomic mass is 10.2. The van der Waals surface area contributed by atoms with Gasteiger partial charge in [-0.15, -0.1) is 0 Å². The number of anilines is 1. The molecule has 1 unspecified atom stereocenters. The van der Waals surface area contributed by atoms with E-state index in [0.29, 0.717) is 0 Å². The van der Waals surface area contributed by atoms with Crippen molar-refractivity contribution < 1.29 is 0 Å². The first kappa shape index (κ1) is 12.4. The summed E-state index contributed by atoms with van der Waals surface area (Å²) in [5.74, 6) is 0. The van der Waals surface area contributed by atoms with Crippen molar-refractivity contribution in [3.8, 4) is 0 Å². The van der Waals surface area contributed by atoms with Crippen LogP contribution in [-0.4, -0.2) is 30.6 Å². The van der Waals surface area contributed by atoms with E-state index in [1.807, 2.05) is 0 Å². The second-order valence-electron chi connectivity index (χ2n) is 4.89. The average molecular weight is 232 g/mol. The van der Waals surface area contributed by atoms with E-state index in [4.69, 9.17) is 0 Å². The zero-order valence-corrected chi connectivity index (χ0v) is 10.9. The molecule has 0 aliphatic carbocycles. The predicted molar refractivity (Wildman–Crippen MR) is 74.4 cm³/mol. The van der Waals surface area contributed by atoms with Gasteiger partial charge in [-0.25, -0.2) is 0 Å². The Morgan fingerprint density at radius 3 is 2.88 bits per heavy atom. The molecule has 2 heteroatoms. The lowest BCUT2D eigenvalue weighted by Gasteiger charge is -2.23. The van der Waals surface area contributed by atoms with Gasteiger partial charge in [-0.1, -0.05) is 25.1 Å². The van der Waals surface area contributed by atoms with Crippen LogP contribution in [0.5, 0.6) is 0 Å². The Kier molecular flexibility index (Phi) is 4.87. The fourth-order valence-corrected chi connectivity index (χ4v) is 2.72. The van der Waals surface area contributed by atoms with Gasteiger partial charge >= 0.3 is 0 Å². The van der Waals surface area contributed by atoms with Gasteiger partial charge < -0.3 is 10.2 Å². The summed E-state index contributed by atoms with van der Waals surface area (Å²) in [7, 11) is 0. The third-order valence-electron chi connectivity index (χ3n) is 3.70. The molecule has 17 heavy (non-hydrogen) atoms. The van der Waals surface area contributed by atoms with Crippen molar-refractivity contribution in [3.05, 3.63) is 30.3 Å². The minimum absolute atomic E-state index is 0.853. The minimum atomic E-state index is 0.853. The fraction of sp³-hybridized carbons (Fsp3) is 0.600. The van der Waals surface area contributed by atoms with Gasteiger partial charge in [0.15, 0.2) is 0 Å². The molecule has 0 amide bonds. The van der Waals surface area contributed by atoms with E-state index < -0.39 is 0 Å². The lowest BCUT2D eigenvalue weighted by Crippen LogP contribution is -2.30. The molecule has 0 saturated carbocycles. The van der Waals surface area contributed by atoms with Crippen LogP contribution in [0.1, 0.15) is 32.6 Å². The topological polar surface area (TPSA) is 15.3 Å². The van der Waals surface area contributed by atoms with E-state index in [0.717, 1.165) is 12.6 Å². The van der Waals surface area contributed by atoms with Crippen LogP contribution in [-0.2, 0) is 0 Å². The summed E-state index contributed by atoms with van der Waals surface area (Å²) < 4.78 is 0. The molecule has 1 saturated heterocycles. The van der Waals surface area contributed by atoms with Crippen molar-refractivity contribution in [1.29, 1.82) is 0 Å². The molecule has 0 bridgehead atoms. The Morgan fingerprint density at radius 1 is 1.29 bits per heavy atom. The van der Waals surface area contributed by atoms with Gasteiger partial charge in [-0.2, -0.15) is 0 Å². The van der Waals surface area contributed by atoms with Crippen LogP contribution in [0, 0.1) is 0 Å². The second kappa shape index (κ2) is 6.65. The molecular formula is C15H24N2. The molecule has 94 valence electrons. The first-order valence-corrected chi connectivity index (χ1v) is 6.93. The molecule has 1 heterocycles. The number of benzene rings is 1. The SMILES string of the molecule is CCC1CCCN1CCCNc1ccccc1. The third kappa shape index (κ3) is 3.74. The van der Waals surface area contributed by atoms with Gasteiger partial charge in [-0.3, -0.25) is 0 Å². The number of hydrogen-bond acceptors (Lipinski definition) is 2. The normalized spacial score (nSPS) is 20.6. The summed E-state index contributed by atoms with van der Waals surface area (Å²) in [6.07, 6.45) is 5.35. The largest absolute Gasteiger partial charge is 0.385 e. The molecule has 1 atom stereocenters. The molecule has 0 radical (unpaired) electrons. The molecule has 1 aromatic rings. The van der Waals surface area contributed by atoms with Crippen LogP contribution in [0.4, 0.5) is 5.69 Å². The molecule has 0 spiro atoms. The standard InChI is InChI=1S/C15H24N2/c1-2-15-10-6-12-17(15)13-7-11-16-14-8-4-3-5-9-14/h3-5,8-9,15-16H,2,6-7,10-13H2,1H3. The monoisotopic (exact) mass is 232 g/mol. The molecule has 1 aromatic carbocycles. The van der Waals surface area contributed by atoms with E-state index >= 15 is 0 Å². The molecule has 1 aliphatic heterocycles. The smallest absolute Gasteiger partial charge is 0.0340 e. The van der Waals surface area contributed by atoms with E-state index in [1.165, 1.54) is 44.5 Å². The summed E-state index contributed by atoms with van der Waals surface area (Å²) >= 11 is 0. The highest BCUT2D eigenvalue weighted by Gasteiger charge is 2.21. The number of nitrogens with one attached hydrogen (secondary N) is 1. The van der Waals surface area contributed by atoms with Gasteiger partial charge in [0.1, 0.15) is 0 Å². The van der Waals surface area contributed by atoms with Crippen molar-refractivity contribution in [2.75, 3.05) is 25.0 Å². The molecule has 2 rings (SSSR count). The van der Waals surface area contributed by atoms with Crippen molar-refractivity contribution >= 4 is 5.69 Å². The highest BCUT2D eigenvalue weighted by molar-refractivity contribution is 5.42. The molecular weight excluding hydrogens is 208 g/mol. The Morgan fingerprint density at radius 2 is 2.12 bits per heavy atom. The van der Waals surface area contributed by atoms with Gasteiger partial charge in [-0.05, 0) is 44.4 Å². The van der Waals surface area contributed by atoms with Crippen LogP contribution >= 0.6 is 0 Å². The Bertz CT molecular complexity index is 310. The zero-order chi connectivity index (χ0) is 11.9. The van der Waals surface area contributed by atoms with E-state index in [2.05, 4.69) is 47.5 Å². The summed E-state index contributed by atoms with van der Waals surface area (Å²) in [5.41, 5.74) is 1.24. The predicted octanol–water partition coefficient (Wildman–Crippen LogP) is 3.36. The van der Waals surface area contributed by atoms with Gasteiger partial charge in [0.05, 0.1) is 0 Å². The number of rotatable bonds is 6. The highest BCUT2D eigenvalue weighted by Crippen LogP contribution is 2.19. The van der Waals surface area contributed by atoms with E-state index in [1.54, 1.807) is 0 Å². The zero-order valence-electron chi connectivity index (χ0n) is 10.9. The number of hydrogen-bond donors (Lipinski definition) is 1. The van der Waals surface area contributed by atoms with Crippen molar-refractivity contribution in [1.82, 2.24) is 4.90 Å². The lowest BCUT2D eigenvalue weighted by molar-refractivity contribution is 0.248. The molecule has 1 N–H and O–H groups in total. The van der Waals surface area contributed by atoms with Crippen LogP contribution in [0.3, 0.4) is 0 Å². The quantitative estimate of drug-likeness (QED) is 0.757. The van der Waals surface area contributed by atoms with Gasteiger partial charge in [0.2, 0.25) is 0 Å². The molecule has 2 nitrogen and oxygen atoms in total. The van der Waals surface area contributed by atoms with Gasteiger partial charge in [0.25, 0.3) is 0 Å². The van der Waals surface area contributed by atoms with Crippen molar-refractivity contribution in [2.45, 2.75) is 38.6 Å². The second-order valence-corrected chi connectivity index (χ2v) is 4.89. The minimum Gasteiger partial charge on any atom is -0.385 e. The maximum Gasteiger partial charge on any atom is 0.0340 e. The summed E-state index contributed by atoms with van der Waals surface area (Å²) in [6.45, 7) is 5.95. The van der Waals surface area contributed by atoms with Crippen LogP contribution in [0.25, 0.3) is 0 Å². The fourth-order valence-electron chi connectivity index (χ4n) is 2.72. The summed E-state index contributed by atoms with van der Waals surface area (Å²) in [6, 6.07) is 11.3. The Labute approximate surface area is 105 Å². The first-order chi connectivity index (χ1) is 8.40. The van der Waals surface area contributed by atoms with Crippen molar-refractivity contribution in [2.24, 2.45) is 0 Å². The Balaban J connectivity index is 1.63. The number of para-hydroxylation sites is 1.